The van der Waals surface area contributed by atoms with Gasteiger partial charge in [0.2, 0.25) is 0 Å². The third kappa shape index (κ3) is 1.81. The number of rotatable bonds is 1. The summed E-state index contributed by atoms with van der Waals surface area (Å²) >= 11 is 0. The van der Waals surface area contributed by atoms with Crippen molar-refractivity contribution in [3.8, 4) is 0 Å². The number of H-pyrrole nitrogens is 1. The third-order valence-electron chi connectivity index (χ3n) is 3.36. The zero-order valence-corrected chi connectivity index (χ0v) is 9.65. The van der Waals surface area contributed by atoms with Gasteiger partial charge in [0, 0.05) is 11.2 Å². The topological polar surface area (TPSA) is 85.7 Å². The molecule has 1 fully saturated rings. The van der Waals surface area contributed by atoms with Crippen molar-refractivity contribution in [2.45, 2.75) is 24.4 Å². The van der Waals surface area contributed by atoms with Crippen LogP contribution < -0.4 is 0 Å². The number of fused-ring (bicyclic) bond motifs is 1. The second-order valence-corrected chi connectivity index (χ2v) is 4.61. The molecule has 4 N–H and O–H groups in total. The Morgan fingerprint density at radius 3 is 2.67 bits per heavy atom. The number of aromatic amines is 1. The molecule has 0 radical (unpaired) electrons. The Morgan fingerprint density at radius 2 is 1.89 bits per heavy atom. The maximum Gasteiger partial charge on any atom is 0.126 e. The average Bonchev–Trinajstić information content (AvgIpc) is 2.79. The number of para-hydroxylation sites is 1. The van der Waals surface area contributed by atoms with Crippen LogP contribution in [0, 0.1) is 0 Å². The van der Waals surface area contributed by atoms with Crippen molar-refractivity contribution < 1.29 is 20.1 Å². The number of hydrogen-bond acceptors (Lipinski definition) is 4. The van der Waals surface area contributed by atoms with Crippen LogP contribution in [0.15, 0.2) is 30.3 Å². The summed E-state index contributed by atoms with van der Waals surface area (Å²) in [5, 5.41) is 30.0. The van der Waals surface area contributed by atoms with Gasteiger partial charge in [-0.15, -0.1) is 0 Å². The lowest BCUT2D eigenvalue weighted by Crippen LogP contribution is -2.49. The average molecular weight is 249 g/mol. The fourth-order valence-electron chi connectivity index (χ4n) is 2.33. The van der Waals surface area contributed by atoms with Gasteiger partial charge in [-0.05, 0) is 17.5 Å². The minimum atomic E-state index is -1.19. The highest BCUT2D eigenvalue weighted by Gasteiger charge is 2.38. The molecule has 3 rings (SSSR count). The zero-order valence-electron chi connectivity index (χ0n) is 9.65. The maximum atomic E-state index is 9.93. The monoisotopic (exact) mass is 249 g/mol. The molecule has 1 aliphatic heterocycles. The van der Waals surface area contributed by atoms with Crippen molar-refractivity contribution in [3.63, 3.8) is 0 Å². The Bertz CT molecular complexity index is 520. The quantitative estimate of drug-likeness (QED) is 0.586. The summed E-state index contributed by atoms with van der Waals surface area (Å²) < 4.78 is 5.40. The van der Waals surface area contributed by atoms with Crippen LogP contribution in [0.5, 0.6) is 0 Å². The number of aliphatic hydroxyl groups excluding tert-OH is 3. The van der Waals surface area contributed by atoms with Crippen molar-refractivity contribution in [1.29, 1.82) is 0 Å². The van der Waals surface area contributed by atoms with Crippen LogP contribution >= 0.6 is 0 Å². The van der Waals surface area contributed by atoms with E-state index in [2.05, 4.69) is 4.98 Å². The molecule has 0 spiro atoms. The van der Waals surface area contributed by atoms with Gasteiger partial charge in [0.15, 0.2) is 0 Å². The number of hydrogen-bond donors (Lipinski definition) is 4. The van der Waals surface area contributed by atoms with E-state index in [1.807, 2.05) is 30.3 Å². The first kappa shape index (κ1) is 11.7. The number of benzene rings is 1. The van der Waals surface area contributed by atoms with E-state index in [0.29, 0.717) is 5.69 Å². The van der Waals surface area contributed by atoms with Crippen molar-refractivity contribution in [1.82, 2.24) is 4.98 Å². The molecule has 5 heteroatoms. The number of aromatic nitrogens is 1. The van der Waals surface area contributed by atoms with Gasteiger partial charge < -0.3 is 25.0 Å². The molecule has 5 nitrogen and oxygen atoms in total. The van der Waals surface area contributed by atoms with Gasteiger partial charge in [0.1, 0.15) is 24.4 Å². The van der Waals surface area contributed by atoms with Crippen LogP contribution in [0.25, 0.3) is 10.9 Å². The second kappa shape index (κ2) is 4.37. The van der Waals surface area contributed by atoms with E-state index < -0.39 is 24.4 Å². The summed E-state index contributed by atoms with van der Waals surface area (Å²) in [6.07, 6.45) is -4.01. The van der Waals surface area contributed by atoms with E-state index in [0.717, 1.165) is 10.9 Å². The van der Waals surface area contributed by atoms with E-state index in [4.69, 9.17) is 4.74 Å². The van der Waals surface area contributed by atoms with Gasteiger partial charge in [-0.2, -0.15) is 0 Å². The Morgan fingerprint density at radius 1 is 1.11 bits per heavy atom. The SMILES string of the molecule is O[C@@H]1[C@H](O)COC(c2cc3ccccc3[nH]2)[C@@H]1O. The van der Waals surface area contributed by atoms with Crippen LogP contribution in [0.2, 0.25) is 0 Å². The van der Waals surface area contributed by atoms with Gasteiger partial charge in [0.25, 0.3) is 0 Å². The van der Waals surface area contributed by atoms with E-state index in [1.165, 1.54) is 0 Å². The first-order valence-corrected chi connectivity index (χ1v) is 5.90. The first-order valence-electron chi connectivity index (χ1n) is 5.90. The van der Waals surface area contributed by atoms with Gasteiger partial charge >= 0.3 is 0 Å². The molecule has 2 heterocycles. The van der Waals surface area contributed by atoms with Crippen LogP contribution in [-0.4, -0.2) is 45.2 Å². The Labute approximate surface area is 104 Å². The van der Waals surface area contributed by atoms with Gasteiger partial charge in [-0.1, -0.05) is 18.2 Å². The predicted molar refractivity (Wildman–Crippen MR) is 65.0 cm³/mol. The molecule has 2 aromatic rings. The standard InChI is InChI=1S/C13H15NO4/c15-10-6-18-13(12(17)11(10)16)9-5-7-3-1-2-4-8(7)14-9/h1-5,10-17H,6H2/t10-,11-,12-,13?/m1/s1. The Balaban J connectivity index is 1.94. The summed E-state index contributed by atoms with van der Waals surface area (Å²) in [5.74, 6) is 0. The van der Waals surface area contributed by atoms with Crippen molar-refractivity contribution >= 4 is 10.9 Å². The number of aliphatic hydroxyl groups is 3. The molecule has 0 amide bonds. The van der Waals surface area contributed by atoms with Gasteiger partial charge in [-0.25, -0.2) is 0 Å². The van der Waals surface area contributed by atoms with Crippen molar-refractivity contribution in [2.24, 2.45) is 0 Å². The smallest absolute Gasteiger partial charge is 0.126 e. The number of nitrogens with one attached hydrogen (secondary N) is 1. The highest BCUT2D eigenvalue weighted by Crippen LogP contribution is 2.30. The molecule has 0 bridgehead atoms. The van der Waals surface area contributed by atoms with E-state index >= 15 is 0 Å². The molecule has 4 atom stereocenters. The summed E-state index contributed by atoms with van der Waals surface area (Å²) in [6, 6.07) is 9.61. The molecular formula is C13H15NO4. The zero-order chi connectivity index (χ0) is 12.7. The lowest BCUT2D eigenvalue weighted by atomic mass is 9.98. The third-order valence-corrected chi connectivity index (χ3v) is 3.36. The molecule has 1 aromatic heterocycles. The summed E-state index contributed by atoms with van der Waals surface area (Å²) in [5.41, 5.74) is 1.65. The first-order chi connectivity index (χ1) is 8.66. The molecule has 1 aromatic carbocycles. The fourth-order valence-corrected chi connectivity index (χ4v) is 2.33. The predicted octanol–water partition coefficient (Wildman–Crippen LogP) is 0.322. The maximum absolute atomic E-state index is 9.93. The van der Waals surface area contributed by atoms with Crippen LogP contribution in [0.1, 0.15) is 11.8 Å². The lowest BCUT2D eigenvalue weighted by molar-refractivity contribution is -0.190. The second-order valence-electron chi connectivity index (χ2n) is 4.61. The normalized spacial score (nSPS) is 32.8. The van der Waals surface area contributed by atoms with Gasteiger partial charge in [0.05, 0.1) is 6.61 Å². The summed E-state index contributed by atoms with van der Waals surface area (Å²) in [6.45, 7) is 0.0122. The highest BCUT2D eigenvalue weighted by atomic mass is 16.5. The Hall–Kier alpha value is -1.40. The molecule has 1 saturated heterocycles. The van der Waals surface area contributed by atoms with Crippen molar-refractivity contribution in [2.75, 3.05) is 6.61 Å². The van der Waals surface area contributed by atoms with Crippen LogP contribution in [0.4, 0.5) is 0 Å². The molecule has 96 valence electrons. The highest BCUT2D eigenvalue weighted by molar-refractivity contribution is 5.80. The molecule has 18 heavy (non-hydrogen) atoms. The van der Waals surface area contributed by atoms with E-state index in [9.17, 15) is 15.3 Å². The van der Waals surface area contributed by atoms with E-state index in [-0.39, 0.29) is 6.61 Å². The van der Waals surface area contributed by atoms with Crippen molar-refractivity contribution in [3.05, 3.63) is 36.0 Å². The fraction of sp³-hybridized carbons (Fsp3) is 0.385. The molecule has 0 saturated carbocycles. The molecular weight excluding hydrogens is 234 g/mol. The summed E-state index contributed by atoms with van der Waals surface area (Å²) in [4.78, 5) is 3.15. The molecule has 1 unspecified atom stereocenters. The molecule has 0 aliphatic carbocycles. The lowest BCUT2D eigenvalue weighted by Gasteiger charge is -2.34. The number of ether oxygens (including phenoxy) is 1. The minimum Gasteiger partial charge on any atom is -0.388 e. The van der Waals surface area contributed by atoms with Crippen LogP contribution in [-0.2, 0) is 4.74 Å². The van der Waals surface area contributed by atoms with E-state index in [1.54, 1.807) is 0 Å². The van der Waals surface area contributed by atoms with Crippen LogP contribution in [0.3, 0.4) is 0 Å². The summed E-state index contributed by atoms with van der Waals surface area (Å²) in [7, 11) is 0. The Kier molecular flexibility index (Phi) is 2.83. The molecule has 1 aliphatic rings. The van der Waals surface area contributed by atoms with Gasteiger partial charge in [-0.3, -0.25) is 0 Å². The minimum absolute atomic E-state index is 0.0122. The largest absolute Gasteiger partial charge is 0.388 e.